The molecule has 3 aromatic rings. The Morgan fingerprint density at radius 3 is 2.57 bits per heavy atom. The van der Waals surface area contributed by atoms with E-state index in [0.717, 1.165) is 6.07 Å². The van der Waals surface area contributed by atoms with Crippen molar-refractivity contribution in [2.24, 2.45) is 0 Å². The lowest BCUT2D eigenvalue weighted by atomic mass is 10.2. The number of rotatable bonds is 5. The summed E-state index contributed by atoms with van der Waals surface area (Å²) in [5.74, 6) is -2.31. The van der Waals surface area contributed by atoms with Gasteiger partial charge in [0.25, 0.3) is 5.91 Å². The number of carbonyl (C=O) groups excluding carboxylic acids is 2. The molecule has 1 aromatic heterocycles. The largest absolute Gasteiger partial charge is 0.324 e. The second kappa shape index (κ2) is 8.13. The van der Waals surface area contributed by atoms with Gasteiger partial charge in [-0.2, -0.15) is 0 Å². The van der Waals surface area contributed by atoms with Gasteiger partial charge in [0, 0.05) is 5.69 Å². The molecule has 28 heavy (non-hydrogen) atoms. The van der Waals surface area contributed by atoms with Crippen LogP contribution >= 0.6 is 11.6 Å². The molecule has 0 aliphatic carbocycles. The van der Waals surface area contributed by atoms with E-state index in [9.17, 15) is 18.4 Å². The van der Waals surface area contributed by atoms with Crippen LogP contribution in [-0.2, 0) is 11.3 Å². The van der Waals surface area contributed by atoms with Crippen molar-refractivity contribution in [1.29, 1.82) is 0 Å². The van der Waals surface area contributed by atoms with E-state index < -0.39 is 23.4 Å². The van der Waals surface area contributed by atoms with E-state index in [2.05, 4.69) is 20.9 Å². The zero-order valence-corrected chi connectivity index (χ0v) is 15.3. The normalized spacial score (nSPS) is 10.6. The van der Waals surface area contributed by atoms with Crippen LogP contribution < -0.4 is 10.6 Å². The molecule has 2 N–H and O–H groups in total. The van der Waals surface area contributed by atoms with E-state index in [4.69, 9.17) is 11.6 Å². The van der Waals surface area contributed by atoms with Crippen LogP contribution in [0.25, 0.3) is 0 Å². The average molecular weight is 406 g/mol. The van der Waals surface area contributed by atoms with Gasteiger partial charge in [-0.15, -0.1) is 5.10 Å². The van der Waals surface area contributed by atoms with E-state index in [-0.39, 0.29) is 22.9 Å². The minimum Gasteiger partial charge on any atom is -0.324 e. The van der Waals surface area contributed by atoms with Crippen molar-refractivity contribution in [2.75, 3.05) is 10.6 Å². The number of nitrogens with zero attached hydrogens (tertiary/aromatic N) is 3. The Morgan fingerprint density at radius 1 is 1.11 bits per heavy atom. The van der Waals surface area contributed by atoms with Crippen LogP contribution in [0.5, 0.6) is 0 Å². The van der Waals surface area contributed by atoms with Crippen molar-refractivity contribution in [3.63, 3.8) is 0 Å². The highest BCUT2D eigenvalue weighted by molar-refractivity contribution is 6.31. The fourth-order valence-corrected chi connectivity index (χ4v) is 2.56. The van der Waals surface area contributed by atoms with Gasteiger partial charge in [0.1, 0.15) is 18.2 Å². The van der Waals surface area contributed by atoms with Crippen LogP contribution in [0.4, 0.5) is 20.2 Å². The van der Waals surface area contributed by atoms with Crippen molar-refractivity contribution < 1.29 is 18.4 Å². The van der Waals surface area contributed by atoms with Crippen LogP contribution in [0.1, 0.15) is 16.2 Å². The molecule has 0 aliphatic heterocycles. The predicted molar refractivity (Wildman–Crippen MR) is 99.2 cm³/mol. The second-order valence-electron chi connectivity index (χ2n) is 5.79. The standard InChI is InChI=1S/C18H14ClF2N5O2/c1-10-17(18(28)23-15-5-3-2-4-14(15)21)24-25-26(10)9-16(27)22-11-6-7-13(20)12(19)8-11/h2-8H,9H2,1H3,(H,22,27)(H,23,28). The van der Waals surface area contributed by atoms with Crippen LogP contribution in [0, 0.1) is 18.6 Å². The highest BCUT2D eigenvalue weighted by Gasteiger charge is 2.19. The maximum atomic E-state index is 13.7. The summed E-state index contributed by atoms with van der Waals surface area (Å²) in [6.45, 7) is 1.32. The number of para-hydroxylation sites is 1. The van der Waals surface area contributed by atoms with Gasteiger partial charge in [-0.05, 0) is 37.3 Å². The fraction of sp³-hybridized carbons (Fsp3) is 0.111. The molecule has 3 rings (SSSR count). The lowest BCUT2D eigenvalue weighted by Crippen LogP contribution is -2.21. The molecule has 0 fully saturated rings. The van der Waals surface area contributed by atoms with E-state index in [1.54, 1.807) is 13.0 Å². The third kappa shape index (κ3) is 4.32. The summed E-state index contributed by atoms with van der Waals surface area (Å²) in [5, 5.41) is 12.4. The molecule has 144 valence electrons. The Bertz CT molecular complexity index is 1050. The SMILES string of the molecule is Cc1c(C(=O)Nc2ccccc2F)nnn1CC(=O)Nc1ccc(F)c(Cl)c1. The number of amides is 2. The fourth-order valence-electron chi connectivity index (χ4n) is 2.37. The predicted octanol–water partition coefficient (Wildman–Crippen LogP) is 3.41. The Labute approximate surface area is 163 Å². The molecule has 10 heteroatoms. The zero-order chi connectivity index (χ0) is 20.3. The molecule has 1 heterocycles. The van der Waals surface area contributed by atoms with E-state index in [1.165, 1.54) is 35.0 Å². The first-order chi connectivity index (χ1) is 13.3. The van der Waals surface area contributed by atoms with Gasteiger partial charge in [-0.25, -0.2) is 13.5 Å². The topological polar surface area (TPSA) is 88.9 Å². The third-order valence-electron chi connectivity index (χ3n) is 3.82. The number of benzene rings is 2. The molecule has 0 spiro atoms. The molecule has 0 atom stereocenters. The maximum absolute atomic E-state index is 13.7. The van der Waals surface area contributed by atoms with Crippen LogP contribution in [0.2, 0.25) is 5.02 Å². The molecule has 0 radical (unpaired) electrons. The monoisotopic (exact) mass is 405 g/mol. The maximum Gasteiger partial charge on any atom is 0.278 e. The van der Waals surface area contributed by atoms with Crippen molar-refractivity contribution in [2.45, 2.75) is 13.5 Å². The summed E-state index contributed by atoms with van der Waals surface area (Å²) in [7, 11) is 0. The highest BCUT2D eigenvalue weighted by atomic mass is 35.5. The van der Waals surface area contributed by atoms with Gasteiger partial charge in [0.15, 0.2) is 5.69 Å². The molecule has 0 saturated heterocycles. The Balaban J connectivity index is 1.68. The smallest absolute Gasteiger partial charge is 0.278 e. The lowest BCUT2D eigenvalue weighted by molar-refractivity contribution is -0.117. The molecule has 0 saturated carbocycles. The van der Waals surface area contributed by atoms with Gasteiger partial charge in [-0.3, -0.25) is 9.59 Å². The number of anilines is 2. The average Bonchev–Trinajstić information content (AvgIpc) is 3.00. The summed E-state index contributed by atoms with van der Waals surface area (Å²) in [6.07, 6.45) is 0. The first kappa shape index (κ1) is 19.4. The minimum atomic E-state index is -0.653. The third-order valence-corrected chi connectivity index (χ3v) is 4.11. The number of hydrogen-bond acceptors (Lipinski definition) is 4. The van der Waals surface area contributed by atoms with Crippen molar-refractivity contribution >= 4 is 34.8 Å². The molecule has 7 nitrogen and oxygen atoms in total. The highest BCUT2D eigenvalue weighted by Crippen LogP contribution is 2.19. The van der Waals surface area contributed by atoms with Crippen LogP contribution in [-0.4, -0.2) is 26.8 Å². The van der Waals surface area contributed by atoms with Crippen molar-refractivity contribution in [3.8, 4) is 0 Å². The van der Waals surface area contributed by atoms with Gasteiger partial charge in [0.05, 0.1) is 16.4 Å². The molecule has 2 amide bonds. The Hall–Kier alpha value is -3.33. The molecule has 2 aromatic carbocycles. The first-order valence-electron chi connectivity index (χ1n) is 8.06. The summed E-state index contributed by atoms with van der Waals surface area (Å²) < 4.78 is 28.0. The van der Waals surface area contributed by atoms with Crippen molar-refractivity contribution in [1.82, 2.24) is 15.0 Å². The summed E-state index contributed by atoms with van der Waals surface area (Å²) in [5.41, 5.74) is 0.598. The lowest BCUT2D eigenvalue weighted by Gasteiger charge is -2.07. The first-order valence-corrected chi connectivity index (χ1v) is 8.44. The van der Waals surface area contributed by atoms with Crippen LogP contribution in [0.15, 0.2) is 42.5 Å². The molecular weight excluding hydrogens is 392 g/mol. The Kier molecular flexibility index (Phi) is 5.65. The van der Waals surface area contributed by atoms with E-state index in [1.807, 2.05) is 0 Å². The molecule has 0 unspecified atom stereocenters. The Morgan fingerprint density at radius 2 is 1.86 bits per heavy atom. The number of nitrogens with one attached hydrogen (secondary N) is 2. The van der Waals surface area contributed by atoms with E-state index >= 15 is 0 Å². The van der Waals surface area contributed by atoms with E-state index in [0.29, 0.717) is 11.4 Å². The van der Waals surface area contributed by atoms with Crippen LogP contribution in [0.3, 0.4) is 0 Å². The van der Waals surface area contributed by atoms with Gasteiger partial charge in [0.2, 0.25) is 5.91 Å². The second-order valence-corrected chi connectivity index (χ2v) is 6.20. The summed E-state index contributed by atoms with van der Waals surface area (Å²) >= 11 is 5.67. The van der Waals surface area contributed by atoms with Gasteiger partial charge >= 0.3 is 0 Å². The number of hydrogen-bond donors (Lipinski definition) is 2. The van der Waals surface area contributed by atoms with Crippen molar-refractivity contribution in [3.05, 3.63) is 70.5 Å². The quantitative estimate of drug-likeness (QED) is 0.680. The summed E-state index contributed by atoms with van der Waals surface area (Å²) in [6, 6.07) is 9.47. The van der Waals surface area contributed by atoms with Gasteiger partial charge < -0.3 is 10.6 Å². The summed E-state index contributed by atoms with van der Waals surface area (Å²) in [4.78, 5) is 24.5. The minimum absolute atomic E-state index is 0.00683. The molecular formula is C18H14ClF2N5O2. The molecule has 0 aliphatic rings. The van der Waals surface area contributed by atoms with Gasteiger partial charge in [-0.1, -0.05) is 28.9 Å². The number of halogens is 3. The number of aromatic nitrogens is 3. The number of carbonyl (C=O) groups is 2. The zero-order valence-electron chi connectivity index (χ0n) is 14.5. The molecule has 0 bridgehead atoms.